The van der Waals surface area contributed by atoms with Crippen LogP contribution in [0.2, 0.25) is 0 Å². The number of aromatic nitrogens is 1. The highest BCUT2D eigenvalue weighted by Gasteiger charge is 2.13. The zero-order valence-corrected chi connectivity index (χ0v) is 8.86. The first kappa shape index (κ1) is 10.3. The van der Waals surface area contributed by atoms with E-state index in [4.69, 9.17) is 10.5 Å². The number of carbonyl (C=O) groups is 1. The van der Waals surface area contributed by atoms with E-state index in [9.17, 15) is 4.79 Å². The van der Waals surface area contributed by atoms with Crippen LogP contribution in [-0.4, -0.2) is 18.1 Å². The van der Waals surface area contributed by atoms with Crippen molar-refractivity contribution >= 4 is 11.7 Å². The molecular formula is C12H12N2O2. The number of rotatable bonds is 2. The Kier molecular flexibility index (Phi) is 2.64. The fraction of sp³-hybridized carbons (Fsp3) is 0.0833. The van der Waals surface area contributed by atoms with Gasteiger partial charge in [0.15, 0.2) is 0 Å². The number of methoxy groups -OCH3 is 1. The normalized spacial score (nSPS) is 10.1. The summed E-state index contributed by atoms with van der Waals surface area (Å²) >= 11 is 0. The molecule has 0 bridgehead atoms. The van der Waals surface area contributed by atoms with Gasteiger partial charge in [-0.05, 0) is 17.7 Å². The van der Waals surface area contributed by atoms with E-state index in [2.05, 4.69) is 4.98 Å². The third kappa shape index (κ3) is 1.77. The minimum atomic E-state index is -0.354. The predicted molar refractivity (Wildman–Crippen MR) is 62.0 cm³/mol. The van der Waals surface area contributed by atoms with Crippen LogP contribution in [0.4, 0.5) is 5.69 Å². The Morgan fingerprint density at radius 2 is 1.94 bits per heavy atom. The molecule has 1 heterocycles. The summed E-state index contributed by atoms with van der Waals surface area (Å²) in [6, 6.07) is 7.32. The minimum absolute atomic E-state index is 0.354. The van der Waals surface area contributed by atoms with Crippen molar-refractivity contribution in [2.24, 2.45) is 0 Å². The first-order chi connectivity index (χ1) is 7.72. The topological polar surface area (TPSA) is 68.1 Å². The molecule has 0 unspecified atom stereocenters. The summed E-state index contributed by atoms with van der Waals surface area (Å²) in [4.78, 5) is 14.4. The highest BCUT2D eigenvalue weighted by Crippen LogP contribution is 2.24. The molecule has 0 amide bonds. The molecule has 0 aliphatic rings. The van der Waals surface area contributed by atoms with Gasteiger partial charge in [-0.2, -0.15) is 0 Å². The number of nitrogens with one attached hydrogen (secondary N) is 1. The Morgan fingerprint density at radius 3 is 2.56 bits per heavy atom. The van der Waals surface area contributed by atoms with Crippen molar-refractivity contribution in [2.45, 2.75) is 0 Å². The maximum absolute atomic E-state index is 11.5. The minimum Gasteiger partial charge on any atom is -0.465 e. The lowest BCUT2D eigenvalue weighted by molar-refractivity contribution is 0.0602. The number of hydrogen-bond donors (Lipinski definition) is 2. The number of aromatic amines is 1. The second-order valence-corrected chi connectivity index (χ2v) is 3.40. The number of esters is 1. The number of carbonyl (C=O) groups excluding carboxylic acids is 1. The molecule has 0 aliphatic heterocycles. The highest BCUT2D eigenvalue weighted by molar-refractivity contribution is 5.97. The molecule has 3 N–H and O–H groups in total. The summed E-state index contributed by atoms with van der Waals surface area (Å²) in [6.45, 7) is 0. The number of nitrogens with two attached hydrogens (primary N) is 1. The van der Waals surface area contributed by atoms with Crippen molar-refractivity contribution in [1.29, 1.82) is 0 Å². The summed E-state index contributed by atoms with van der Waals surface area (Å²) in [7, 11) is 1.36. The van der Waals surface area contributed by atoms with E-state index in [-0.39, 0.29) is 5.97 Å². The fourth-order valence-electron chi connectivity index (χ4n) is 1.54. The third-order valence-electron chi connectivity index (χ3n) is 2.37. The summed E-state index contributed by atoms with van der Waals surface area (Å²) in [5, 5.41) is 0. The zero-order chi connectivity index (χ0) is 11.5. The van der Waals surface area contributed by atoms with Crippen molar-refractivity contribution < 1.29 is 9.53 Å². The van der Waals surface area contributed by atoms with Crippen LogP contribution in [0.15, 0.2) is 36.7 Å². The molecule has 0 saturated carbocycles. The van der Waals surface area contributed by atoms with Crippen molar-refractivity contribution in [3.8, 4) is 11.1 Å². The molecule has 82 valence electrons. The van der Waals surface area contributed by atoms with Crippen molar-refractivity contribution in [2.75, 3.05) is 12.8 Å². The Balaban J connectivity index is 2.44. The number of anilines is 1. The summed E-state index contributed by atoms with van der Waals surface area (Å²) in [5.41, 5.74) is 8.56. The molecule has 0 saturated heterocycles. The molecule has 1 aromatic carbocycles. The number of hydrogen-bond acceptors (Lipinski definition) is 3. The Labute approximate surface area is 93.0 Å². The van der Waals surface area contributed by atoms with E-state index in [1.54, 1.807) is 24.5 Å². The van der Waals surface area contributed by atoms with Crippen molar-refractivity contribution in [3.05, 3.63) is 42.2 Å². The van der Waals surface area contributed by atoms with Crippen LogP contribution in [0, 0.1) is 0 Å². The van der Waals surface area contributed by atoms with Crippen LogP contribution >= 0.6 is 0 Å². The van der Waals surface area contributed by atoms with Gasteiger partial charge in [-0.15, -0.1) is 0 Å². The van der Waals surface area contributed by atoms with Gasteiger partial charge < -0.3 is 15.5 Å². The van der Waals surface area contributed by atoms with Gasteiger partial charge in [0.2, 0.25) is 0 Å². The number of nitrogen functional groups attached to an aromatic ring is 1. The molecule has 0 atom stereocenters. The van der Waals surface area contributed by atoms with Crippen LogP contribution < -0.4 is 5.73 Å². The standard InChI is InChI=1S/C12H12N2O2/c1-16-12(15)11-7-14-6-10(11)8-2-4-9(13)5-3-8/h2-7,14H,13H2,1H3. The van der Waals surface area contributed by atoms with Crippen LogP contribution in [-0.2, 0) is 4.74 Å². The molecule has 4 heteroatoms. The first-order valence-corrected chi connectivity index (χ1v) is 4.83. The number of ether oxygens (including phenoxy) is 1. The lowest BCUT2D eigenvalue weighted by atomic mass is 10.0. The molecule has 4 nitrogen and oxygen atoms in total. The first-order valence-electron chi connectivity index (χ1n) is 4.83. The van der Waals surface area contributed by atoms with Gasteiger partial charge >= 0.3 is 5.97 Å². The lowest BCUT2D eigenvalue weighted by Crippen LogP contribution is -2.00. The van der Waals surface area contributed by atoms with Gasteiger partial charge in [0.05, 0.1) is 12.7 Å². The SMILES string of the molecule is COC(=O)c1c[nH]cc1-c1ccc(N)cc1. The van der Waals surface area contributed by atoms with Gasteiger partial charge in [0.25, 0.3) is 0 Å². The molecule has 0 fully saturated rings. The average molecular weight is 216 g/mol. The van der Waals surface area contributed by atoms with E-state index in [0.29, 0.717) is 11.3 Å². The molecule has 1 aromatic heterocycles. The highest BCUT2D eigenvalue weighted by atomic mass is 16.5. The predicted octanol–water partition coefficient (Wildman–Crippen LogP) is 2.05. The zero-order valence-electron chi connectivity index (χ0n) is 8.86. The molecule has 2 aromatic rings. The quantitative estimate of drug-likeness (QED) is 0.596. The Morgan fingerprint density at radius 1 is 1.25 bits per heavy atom. The molecule has 0 aliphatic carbocycles. The van der Waals surface area contributed by atoms with Gasteiger partial charge in [0.1, 0.15) is 0 Å². The Hall–Kier alpha value is -2.23. The van der Waals surface area contributed by atoms with Crippen molar-refractivity contribution in [1.82, 2.24) is 4.98 Å². The monoisotopic (exact) mass is 216 g/mol. The van der Waals surface area contributed by atoms with Gasteiger partial charge in [0, 0.05) is 23.6 Å². The summed E-state index contributed by atoms with van der Waals surface area (Å²) in [6.07, 6.45) is 3.38. The van der Waals surface area contributed by atoms with Crippen LogP contribution in [0.3, 0.4) is 0 Å². The molecule has 0 spiro atoms. The largest absolute Gasteiger partial charge is 0.465 e. The average Bonchev–Trinajstić information content (AvgIpc) is 2.78. The van der Waals surface area contributed by atoms with Gasteiger partial charge in [-0.25, -0.2) is 4.79 Å². The molecular weight excluding hydrogens is 204 g/mol. The van der Waals surface area contributed by atoms with Crippen LogP contribution in [0.1, 0.15) is 10.4 Å². The lowest BCUT2D eigenvalue weighted by Gasteiger charge is -2.02. The fourth-order valence-corrected chi connectivity index (χ4v) is 1.54. The molecule has 16 heavy (non-hydrogen) atoms. The summed E-state index contributed by atoms with van der Waals surface area (Å²) in [5.74, 6) is -0.354. The van der Waals surface area contributed by atoms with Crippen molar-refractivity contribution in [3.63, 3.8) is 0 Å². The van der Waals surface area contributed by atoms with E-state index < -0.39 is 0 Å². The van der Waals surface area contributed by atoms with E-state index in [0.717, 1.165) is 11.1 Å². The van der Waals surface area contributed by atoms with E-state index in [1.807, 2.05) is 12.1 Å². The smallest absolute Gasteiger partial charge is 0.340 e. The van der Waals surface area contributed by atoms with E-state index >= 15 is 0 Å². The van der Waals surface area contributed by atoms with Crippen LogP contribution in [0.25, 0.3) is 11.1 Å². The number of benzene rings is 1. The molecule has 2 rings (SSSR count). The maximum atomic E-state index is 11.5. The van der Waals surface area contributed by atoms with E-state index in [1.165, 1.54) is 7.11 Å². The number of H-pyrrole nitrogens is 1. The maximum Gasteiger partial charge on any atom is 0.340 e. The summed E-state index contributed by atoms with van der Waals surface area (Å²) < 4.78 is 4.70. The molecule has 0 radical (unpaired) electrons. The Bertz CT molecular complexity index is 500. The second kappa shape index (κ2) is 4.10. The van der Waals surface area contributed by atoms with Gasteiger partial charge in [-0.3, -0.25) is 0 Å². The third-order valence-corrected chi connectivity index (χ3v) is 2.37. The van der Waals surface area contributed by atoms with Gasteiger partial charge in [-0.1, -0.05) is 12.1 Å². The second-order valence-electron chi connectivity index (χ2n) is 3.40. The van der Waals surface area contributed by atoms with Crippen LogP contribution in [0.5, 0.6) is 0 Å².